The van der Waals surface area contributed by atoms with E-state index in [0.717, 1.165) is 11.5 Å². The summed E-state index contributed by atoms with van der Waals surface area (Å²) in [5.41, 5.74) is 0. The van der Waals surface area contributed by atoms with Gasteiger partial charge in [-0.05, 0) is 18.9 Å². The minimum Gasteiger partial charge on any atom is -0.347 e. The summed E-state index contributed by atoms with van der Waals surface area (Å²) in [6, 6.07) is 1.24. The van der Waals surface area contributed by atoms with Crippen molar-refractivity contribution in [3.05, 3.63) is 12.7 Å². The molecule has 1 fully saturated rings. The monoisotopic (exact) mass is 270 g/mol. The van der Waals surface area contributed by atoms with Crippen LogP contribution in [0.4, 0.5) is 0 Å². The Morgan fingerprint density at radius 3 is 2.50 bits per heavy atom. The van der Waals surface area contributed by atoms with E-state index in [-0.39, 0.29) is 11.9 Å². The third kappa shape index (κ3) is 5.02. The zero-order chi connectivity index (χ0) is 13.4. The van der Waals surface area contributed by atoms with Crippen LogP contribution in [0, 0.1) is 0 Å². The summed E-state index contributed by atoms with van der Waals surface area (Å²) in [5, 5.41) is 6.76. The lowest BCUT2D eigenvalue weighted by Gasteiger charge is -2.26. The van der Waals surface area contributed by atoms with Gasteiger partial charge >= 0.3 is 0 Å². The van der Waals surface area contributed by atoms with Crippen molar-refractivity contribution in [3.8, 4) is 0 Å². The highest BCUT2D eigenvalue weighted by Gasteiger charge is 2.29. The number of hydrogen-bond donors (Lipinski definition) is 2. The van der Waals surface area contributed by atoms with Gasteiger partial charge in [-0.1, -0.05) is 33.3 Å². The lowest BCUT2D eigenvalue weighted by atomic mass is 10.0. The van der Waals surface area contributed by atoms with Gasteiger partial charge in [-0.3, -0.25) is 4.79 Å². The maximum Gasteiger partial charge on any atom is 0.243 e. The summed E-state index contributed by atoms with van der Waals surface area (Å²) < 4.78 is 0. The van der Waals surface area contributed by atoms with Crippen LogP contribution < -0.4 is 10.6 Å². The fraction of sp³-hybridized carbons (Fsp3) is 0.786. The zero-order valence-electron chi connectivity index (χ0n) is 11.6. The molecule has 0 aliphatic carbocycles. The Bertz CT molecular complexity index is 265. The number of hydrogen-bond acceptors (Lipinski definition) is 3. The molecule has 1 saturated heterocycles. The number of rotatable bonds is 8. The van der Waals surface area contributed by atoms with E-state index in [9.17, 15) is 4.79 Å². The number of thioether (sulfide) groups is 1. The molecule has 0 aromatic heterocycles. The third-order valence-electron chi connectivity index (χ3n) is 3.32. The summed E-state index contributed by atoms with van der Waals surface area (Å²) >= 11 is 1.91. The minimum absolute atomic E-state index is 0.0585. The highest BCUT2D eigenvalue weighted by Crippen LogP contribution is 2.20. The van der Waals surface area contributed by atoms with Crippen molar-refractivity contribution in [1.29, 1.82) is 0 Å². The van der Waals surface area contributed by atoms with Gasteiger partial charge in [-0.25, -0.2) is 0 Å². The topological polar surface area (TPSA) is 41.1 Å². The van der Waals surface area contributed by atoms with Crippen LogP contribution in [0.5, 0.6) is 0 Å². The molecule has 0 bridgehead atoms. The van der Waals surface area contributed by atoms with Crippen LogP contribution in [-0.4, -0.2) is 35.5 Å². The van der Waals surface area contributed by atoms with E-state index in [2.05, 4.69) is 31.1 Å². The molecule has 3 nitrogen and oxygen atoms in total. The SMILES string of the molecule is C=CC(=O)NC1CSCC1NC(CCC)CCC. The molecule has 0 saturated carbocycles. The van der Waals surface area contributed by atoms with Crippen LogP contribution in [0.3, 0.4) is 0 Å². The van der Waals surface area contributed by atoms with Gasteiger partial charge in [0.15, 0.2) is 0 Å². The van der Waals surface area contributed by atoms with E-state index < -0.39 is 0 Å². The lowest BCUT2D eigenvalue weighted by Crippen LogP contribution is -2.51. The average Bonchev–Trinajstić information content (AvgIpc) is 2.77. The molecule has 0 aromatic rings. The number of amides is 1. The smallest absolute Gasteiger partial charge is 0.243 e. The molecule has 1 heterocycles. The molecule has 2 unspecified atom stereocenters. The Kier molecular flexibility index (Phi) is 7.44. The summed E-state index contributed by atoms with van der Waals surface area (Å²) in [5.74, 6) is 2.03. The number of carbonyl (C=O) groups excluding carboxylic acids is 1. The second-order valence-corrected chi connectivity index (χ2v) is 5.98. The van der Waals surface area contributed by atoms with Crippen molar-refractivity contribution in [2.75, 3.05) is 11.5 Å². The van der Waals surface area contributed by atoms with Crippen molar-refractivity contribution in [3.63, 3.8) is 0 Å². The summed E-state index contributed by atoms with van der Waals surface area (Å²) in [7, 11) is 0. The average molecular weight is 270 g/mol. The molecule has 4 heteroatoms. The maximum absolute atomic E-state index is 11.4. The molecule has 1 amide bonds. The molecule has 2 N–H and O–H groups in total. The predicted molar refractivity (Wildman–Crippen MR) is 80.0 cm³/mol. The summed E-state index contributed by atoms with van der Waals surface area (Å²) in [4.78, 5) is 11.4. The van der Waals surface area contributed by atoms with Crippen LogP contribution >= 0.6 is 11.8 Å². The highest BCUT2D eigenvalue weighted by atomic mass is 32.2. The molecular formula is C14H26N2OS. The predicted octanol–water partition coefficient (Wildman–Crippen LogP) is 2.33. The first-order valence-electron chi connectivity index (χ1n) is 6.97. The largest absolute Gasteiger partial charge is 0.347 e. The number of carbonyl (C=O) groups is 1. The highest BCUT2D eigenvalue weighted by molar-refractivity contribution is 7.99. The second kappa shape index (κ2) is 8.59. The second-order valence-electron chi connectivity index (χ2n) is 4.90. The van der Waals surface area contributed by atoms with E-state index in [1.165, 1.54) is 31.8 Å². The molecular weight excluding hydrogens is 244 g/mol. The van der Waals surface area contributed by atoms with Gasteiger partial charge in [0, 0.05) is 23.6 Å². The van der Waals surface area contributed by atoms with Crippen LogP contribution in [0.25, 0.3) is 0 Å². The standard InChI is InChI=1S/C14H26N2OS/c1-4-7-11(8-5-2)15-12-9-18-10-13(12)16-14(17)6-3/h6,11-13,15H,3-5,7-10H2,1-2H3,(H,16,17). The van der Waals surface area contributed by atoms with Crippen LogP contribution in [0.15, 0.2) is 12.7 Å². The molecule has 0 spiro atoms. The quantitative estimate of drug-likeness (QED) is 0.665. The number of nitrogens with one attached hydrogen (secondary N) is 2. The fourth-order valence-electron chi connectivity index (χ4n) is 2.41. The van der Waals surface area contributed by atoms with E-state index in [0.29, 0.717) is 12.1 Å². The lowest BCUT2D eigenvalue weighted by molar-refractivity contribution is -0.117. The first-order valence-corrected chi connectivity index (χ1v) is 8.13. The Morgan fingerprint density at radius 1 is 1.33 bits per heavy atom. The normalized spacial score (nSPS) is 23.3. The van der Waals surface area contributed by atoms with Gasteiger partial charge in [-0.15, -0.1) is 0 Å². The van der Waals surface area contributed by atoms with Crippen molar-refractivity contribution >= 4 is 17.7 Å². The zero-order valence-corrected chi connectivity index (χ0v) is 12.4. The van der Waals surface area contributed by atoms with Gasteiger partial charge in [0.1, 0.15) is 0 Å². The Morgan fingerprint density at radius 2 is 1.94 bits per heavy atom. The molecule has 0 radical (unpaired) electrons. The summed E-state index contributed by atoms with van der Waals surface area (Å²) in [6.45, 7) is 7.96. The van der Waals surface area contributed by atoms with Crippen molar-refractivity contribution in [2.45, 2.75) is 57.7 Å². The molecule has 18 heavy (non-hydrogen) atoms. The van der Waals surface area contributed by atoms with Gasteiger partial charge in [0.25, 0.3) is 0 Å². The minimum atomic E-state index is -0.0585. The Labute approximate surface area is 115 Å². The Balaban J connectivity index is 2.46. The molecule has 0 aromatic carbocycles. The van der Waals surface area contributed by atoms with E-state index in [1.54, 1.807) is 0 Å². The van der Waals surface area contributed by atoms with Crippen LogP contribution in [-0.2, 0) is 4.79 Å². The van der Waals surface area contributed by atoms with Crippen molar-refractivity contribution in [2.24, 2.45) is 0 Å². The Hall–Kier alpha value is -0.480. The van der Waals surface area contributed by atoms with Crippen molar-refractivity contribution in [1.82, 2.24) is 10.6 Å². The van der Waals surface area contributed by atoms with E-state index >= 15 is 0 Å². The molecule has 1 rings (SSSR count). The van der Waals surface area contributed by atoms with Gasteiger partial charge < -0.3 is 10.6 Å². The van der Waals surface area contributed by atoms with Gasteiger partial charge in [0.05, 0.1) is 6.04 Å². The van der Waals surface area contributed by atoms with E-state index in [1.807, 2.05) is 11.8 Å². The van der Waals surface area contributed by atoms with Gasteiger partial charge in [0.2, 0.25) is 5.91 Å². The maximum atomic E-state index is 11.4. The van der Waals surface area contributed by atoms with E-state index in [4.69, 9.17) is 0 Å². The first kappa shape index (κ1) is 15.6. The molecule has 1 aliphatic rings. The molecule has 104 valence electrons. The van der Waals surface area contributed by atoms with Gasteiger partial charge in [-0.2, -0.15) is 11.8 Å². The van der Waals surface area contributed by atoms with Crippen LogP contribution in [0.1, 0.15) is 39.5 Å². The van der Waals surface area contributed by atoms with Crippen molar-refractivity contribution < 1.29 is 4.79 Å². The van der Waals surface area contributed by atoms with Crippen LogP contribution in [0.2, 0.25) is 0 Å². The first-order chi connectivity index (χ1) is 8.71. The molecule has 1 aliphatic heterocycles. The summed E-state index contributed by atoms with van der Waals surface area (Å²) in [6.07, 6.45) is 6.21. The fourth-order valence-corrected chi connectivity index (χ4v) is 3.70. The molecule has 2 atom stereocenters. The third-order valence-corrected chi connectivity index (χ3v) is 4.51.